The Hall–Kier alpha value is -1.51. The van der Waals surface area contributed by atoms with Crippen LogP contribution in [0.15, 0.2) is 24.3 Å². The number of ether oxygens (including phenoxy) is 1. The topological polar surface area (TPSA) is 38.3 Å². The zero-order valence-corrected chi connectivity index (χ0v) is 14.2. The minimum absolute atomic E-state index is 0.0360. The van der Waals surface area contributed by atoms with E-state index >= 15 is 0 Å². The minimum Gasteiger partial charge on any atom is -0.496 e. The van der Waals surface area contributed by atoms with E-state index in [4.69, 9.17) is 4.74 Å². The van der Waals surface area contributed by atoms with Crippen LogP contribution < -0.4 is 10.1 Å². The van der Waals surface area contributed by atoms with Crippen LogP contribution in [0.1, 0.15) is 57.9 Å². The number of benzene rings is 1. The summed E-state index contributed by atoms with van der Waals surface area (Å²) in [6.07, 6.45) is 6.50. The second-order valence-corrected chi connectivity index (χ2v) is 6.42. The lowest BCUT2D eigenvalue weighted by atomic mass is 9.78. The van der Waals surface area contributed by atoms with Gasteiger partial charge in [-0.1, -0.05) is 44.9 Å². The van der Waals surface area contributed by atoms with Crippen molar-refractivity contribution >= 4 is 5.91 Å². The molecule has 1 aromatic rings. The lowest BCUT2D eigenvalue weighted by Crippen LogP contribution is -2.41. The van der Waals surface area contributed by atoms with E-state index < -0.39 is 0 Å². The maximum absolute atomic E-state index is 12.3. The van der Waals surface area contributed by atoms with E-state index in [1.165, 1.54) is 18.4 Å². The molecule has 0 atom stereocenters. The predicted molar refractivity (Wildman–Crippen MR) is 90.2 cm³/mol. The van der Waals surface area contributed by atoms with E-state index in [0.29, 0.717) is 0 Å². The number of hydrogen-bond donors (Lipinski definition) is 1. The average molecular weight is 303 g/mol. The Morgan fingerprint density at radius 3 is 2.45 bits per heavy atom. The normalized spacial score (nSPS) is 16.7. The molecule has 2 rings (SSSR count). The molecule has 0 bridgehead atoms. The van der Waals surface area contributed by atoms with Crippen LogP contribution in [0.2, 0.25) is 0 Å². The summed E-state index contributed by atoms with van der Waals surface area (Å²) in [6.45, 7) is 4.89. The molecule has 1 aliphatic rings. The zero-order valence-electron chi connectivity index (χ0n) is 14.2. The highest BCUT2D eigenvalue weighted by Gasteiger charge is 2.38. The fourth-order valence-electron chi connectivity index (χ4n) is 3.74. The Morgan fingerprint density at radius 1 is 1.23 bits per heavy atom. The fourth-order valence-corrected chi connectivity index (χ4v) is 3.74. The second-order valence-electron chi connectivity index (χ2n) is 6.42. The van der Waals surface area contributed by atoms with Gasteiger partial charge in [0.2, 0.25) is 5.91 Å². The van der Waals surface area contributed by atoms with E-state index in [2.05, 4.69) is 31.3 Å². The molecule has 3 nitrogen and oxygen atoms in total. The van der Waals surface area contributed by atoms with Crippen molar-refractivity contribution in [2.75, 3.05) is 13.7 Å². The number of hydrogen-bond acceptors (Lipinski definition) is 2. The van der Waals surface area contributed by atoms with Crippen LogP contribution in [0.4, 0.5) is 0 Å². The highest BCUT2D eigenvalue weighted by Crippen LogP contribution is 2.44. The number of nitrogens with one attached hydrogen (secondary N) is 1. The second kappa shape index (κ2) is 7.66. The molecule has 0 saturated heterocycles. The number of methoxy groups -OCH3 is 1. The molecule has 1 N–H and O–H groups in total. The molecular formula is C19H29NO2. The van der Waals surface area contributed by atoms with Crippen molar-refractivity contribution in [2.45, 2.75) is 57.8 Å². The molecule has 22 heavy (non-hydrogen) atoms. The molecule has 0 spiro atoms. The first-order valence-corrected chi connectivity index (χ1v) is 8.58. The van der Waals surface area contributed by atoms with Crippen LogP contribution >= 0.6 is 0 Å². The highest BCUT2D eigenvalue weighted by molar-refractivity contribution is 5.78. The Bertz CT molecular complexity index is 488. The maximum atomic E-state index is 12.3. The molecule has 1 amide bonds. The van der Waals surface area contributed by atoms with Crippen LogP contribution in [-0.4, -0.2) is 19.6 Å². The van der Waals surface area contributed by atoms with E-state index in [-0.39, 0.29) is 17.2 Å². The average Bonchev–Trinajstić information content (AvgIpc) is 3.04. The third kappa shape index (κ3) is 3.45. The molecule has 122 valence electrons. The molecule has 0 radical (unpaired) electrons. The van der Waals surface area contributed by atoms with E-state index in [9.17, 15) is 4.79 Å². The third-order valence-electron chi connectivity index (χ3n) is 5.20. The summed E-state index contributed by atoms with van der Waals surface area (Å²) in [5.74, 6) is 1.28. The smallest absolute Gasteiger partial charge is 0.223 e. The number of para-hydroxylation sites is 1. The van der Waals surface area contributed by atoms with Crippen LogP contribution in [0.3, 0.4) is 0 Å². The van der Waals surface area contributed by atoms with Gasteiger partial charge in [-0.2, -0.15) is 0 Å². The van der Waals surface area contributed by atoms with Gasteiger partial charge in [0.1, 0.15) is 5.75 Å². The van der Waals surface area contributed by atoms with Crippen molar-refractivity contribution < 1.29 is 9.53 Å². The highest BCUT2D eigenvalue weighted by atomic mass is 16.5. The first-order valence-electron chi connectivity index (χ1n) is 8.58. The summed E-state index contributed by atoms with van der Waals surface area (Å²) in [5, 5.41) is 3.22. The van der Waals surface area contributed by atoms with Crippen LogP contribution in [0, 0.1) is 5.92 Å². The quantitative estimate of drug-likeness (QED) is 0.825. The Labute approximate surface area is 134 Å². The molecular weight excluding hydrogens is 274 g/mol. The summed E-state index contributed by atoms with van der Waals surface area (Å²) in [5.41, 5.74) is 1.29. The molecule has 3 heteroatoms. The van der Waals surface area contributed by atoms with Gasteiger partial charge in [0.25, 0.3) is 0 Å². The number of carbonyl (C=O) groups excluding carboxylic acids is 1. The summed E-state index contributed by atoms with van der Waals surface area (Å²) in [7, 11) is 1.73. The monoisotopic (exact) mass is 303 g/mol. The lowest BCUT2D eigenvalue weighted by Gasteiger charge is -2.32. The molecule has 0 unspecified atom stereocenters. The molecule has 1 fully saturated rings. The lowest BCUT2D eigenvalue weighted by molar-refractivity contribution is -0.125. The van der Waals surface area contributed by atoms with Gasteiger partial charge in [0.15, 0.2) is 0 Å². The van der Waals surface area contributed by atoms with Crippen molar-refractivity contribution in [2.24, 2.45) is 5.92 Å². The maximum Gasteiger partial charge on any atom is 0.223 e. The van der Waals surface area contributed by atoms with Gasteiger partial charge in [-0.25, -0.2) is 0 Å². The number of amides is 1. The molecule has 0 heterocycles. The van der Waals surface area contributed by atoms with Gasteiger partial charge in [-0.3, -0.25) is 4.79 Å². The van der Waals surface area contributed by atoms with Crippen molar-refractivity contribution in [1.29, 1.82) is 0 Å². The molecule has 1 aliphatic carbocycles. The van der Waals surface area contributed by atoms with Gasteiger partial charge < -0.3 is 10.1 Å². The Balaban J connectivity index is 2.17. The van der Waals surface area contributed by atoms with E-state index in [0.717, 1.165) is 38.0 Å². The minimum atomic E-state index is 0.0360. The predicted octanol–water partition coefficient (Wildman–Crippen LogP) is 4.06. The van der Waals surface area contributed by atoms with E-state index in [1.807, 2.05) is 12.1 Å². The Kier molecular flexibility index (Phi) is 5.87. The van der Waals surface area contributed by atoms with Gasteiger partial charge in [-0.15, -0.1) is 0 Å². The number of rotatable bonds is 7. The molecule has 0 aliphatic heterocycles. The summed E-state index contributed by atoms with van der Waals surface area (Å²) in [4.78, 5) is 12.3. The van der Waals surface area contributed by atoms with Crippen molar-refractivity contribution in [3.63, 3.8) is 0 Å². The SMILES string of the molecule is CCC(CC)C(=O)NCC1(c2ccccc2OC)CCCC1. The summed E-state index contributed by atoms with van der Waals surface area (Å²) < 4.78 is 5.57. The van der Waals surface area contributed by atoms with Gasteiger partial charge in [0, 0.05) is 23.4 Å². The zero-order chi connectivity index (χ0) is 16.0. The molecule has 1 saturated carbocycles. The molecule has 0 aromatic heterocycles. The van der Waals surface area contributed by atoms with Crippen molar-refractivity contribution in [1.82, 2.24) is 5.32 Å². The van der Waals surface area contributed by atoms with Gasteiger partial charge in [0.05, 0.1) is 7.11 Å². The Morgan fingerprint density at radius 2 is 1.86 bits per heavy atom. The summed E-state index contributed by atoms with van der Waals surface area (Å²) >= 11 is 0. The van der Waals surface area contributed by atoms with Gasteiger partial charge in [-0.05, 0) is 31.7 Å². The van der Waals surface area contributed by atoms with Crippen LogP contribution in [0.25, 0.3) is 0 Å². The first kappa shape index (κ1) is 16.9. The molecule has 1 aromatic carbocycles. The fraction of sp³-hybridized carbons (Fsp3) is 0.632. The van der Waals surface area contributed by atoms with Crippen LogP contribution in [0.5, 0.6) is 5.75 Å². The van der Waals surface area contributed by atoms with Gasteiger partial charge >= 0.3 is 0 Å². The summed E-state index contributed by atoms with van der Waals surface area (Å²) in [6, 6.07) is 8.26. The van der Waals surface area contributed by atoms with Crippen molar-refractivity contribution in [3.8, 4) is 5.75 Å². The largest absolute Gasteiger partial charge is 0.496 e. The van der Waals surface area contributed by atoms with Crippen LogP contribution in [-0.2, 0) is 10.2 Å². The standard InChI is InChI=1S/C19H29NO2/c1-4-15(5-2)18(21)20-14-19(12-8-9-13-19)16-10-6-7-11-17(16)22-3/h6-7,10-11,15H,4-5,8-9,12-14H2,1-3H3,(H,20,21). The third-order valence-corrected chi connectivity index (χ3v) is 5.20. The van der Waals surface area contributed by atoms with Crippen molar-refractivity contribution in [3.05, 3.63) is 29.8 Å². The number of carbonyl (C=O) groups is 1. The van der Waals surface area contributed by atoms with E-state index in [1.54, 1.807) is 7.11 Å². The first-order chi connectivity index (χ1) is 10.7.